The zero-order chi connectivity index (χ0) is 11.0. The van der Waals surface area contributed by atoms with Crippen molar-refractivity contribution in [3.05, 3.63) is 0 Å². The molecule has 1 N–H and O–H groups in total. The maximum atomic E-state index is 13.2. The van der Waals surface area contributed by atoms with E-state index >= 15 is 0 Å². The highest BCUT2D eigenvalue weighted by Crippen LogP contribution is 2.44. The molecule has 3 heteroatoms. The normalized spacial score (nSPS) is 37.5. The van der Waals surface area contributed by atoms with Crippen LogP contribution < -0.4 is 0 Å². The van der Waals surface area contributed by atoms with Crippen LogP contribution in [0.4, 0.5) is 8.78 Å². The van der Waals surface area contributed by atoms with E-state index in [1.807, 2.05) is 13.8 Å². The van der Waals surface area contributed by atoms with E-state index in [-0.39, 0.29) is 24.7 Å². The number of rotatable bonds is 2. The van der Waals surface area contributed by atoms with Gasteiger partial charge in [-0.05, 0) is 24.7 Å². The van der Waals surface area contributed by atoms with Crippen molar-refractivity contribution >= 4 is 0 Å². The van der Waals surface area contributed by atoms with Crippen molar-refractivity contribution in [1.82, 2.24) is 0 Å². The van der Waals surface area contributed by atoms with Gasteiger partial charge in [0.25, 0.3) is 5.92 Å². The highest BCUT2D eigenvalue weighted by molar-refractivity contribution is 4.93. The average molecular weight is 206 g/mol. The molecule has 14 heavy (non-hydrogen) atoms. The molecule has 0 aromatic rings. The summed E-state index contributed by atoms with van der Waals surface area (Å²) in [5.41, 5.74) is -1.14. The molecular formula is C11H20F2O. The van der Waals surface area contributed by atoms with Crippen molar-refractivity contribution in [2.75, 3.05) is 0 Å². The minimum absolute atomic E-state index is 0.0760. The van der Waals surface area contributed by atoms with Gasteiger partial charge in [-0.1, -0.05) is 20.8 Å². The van der Waals surface area contributed by atoms with Crippen LogP contribution in [0.5, 0.6) is 0 Å². The van der Waals surface area contributed by atoms with Gasteiger partial charge in [0.15, 0.2) is 0 Å². The fourth-order valence-electron chi connectivity index (χ4n) is 2.77. The van der Waals surface area contributed by atoms with Gasteiger partial charge in [0, 0.05) is 12.8 Å². The Bertz CT molecular complexity index is 199. The largest absolute Gasteiger partial charge is 0.390 e. The molecule has 2 atom stereocenters. The molecule has 0 spiro atoms. The first-order chi connectivity index (χ1) is 6.22. The van der Waals surface area contributed by atoms with Crippen LogP contribution in [0.15, 0.2) is 0 Å². The Morgan fingerprint density at radius 1 is 1.36 bits per heavy atom. The number of halogens is 2. The Hall–Kier alpha value is -0.180. The molecule has 0 bridgehead atoms. The second kappa shape index (κ2) is 3.76. The quantitative estimate of drug-likeness (QED) is 0.735. The van der Waals surface area contributed by atoms with Gasteiger partial charge in [-0.3, -0.25) is 0 Å². The standard InChI is InChI=1S/C11H20F2O/c1-8(2)4-10(14)5-9(3)6-11(12,13)7-10/h8-9,14H,4-7H2,1-3H3/t9-,10-/m0/s1. The van der Waals surface area contributed by atoms with Gasteiger partial charge in [0.1, 0.15) is 0 Å². The topological polar surface area (TPSA) is 20.2 Å². The molecule has 1 saturated carbocycles. The van der Waals surface area contributed by atoms with E-state index in [4.69, 9.17) is 0 Å². The zero-order valence-corrected chi connectivity index (χ0v) is 9.19. The van der Waals surface area contributed by atoms with Crippen LogP contribution in [0.25, 0.3) is 0 Å². The van der Waals surface area contributed by atoms with Crippen molar-refractivity contribution < 1.29 is 13.9 Å². The van der Waals surface area contributed by atoms with Crippen LogP contribution in [-0.4, -0.2) is 16.6 Å². The lowest BCUT2D eigenvalue weighted by molar-refractivity contribution is -0.146. The molecule has 0 aromatic heterocycles. The van der Waals surface area contributed by atoms with Gasteiger partial charge < -0.3 is 5.11 Å². The molecule has 0 amide bonds. The van der Waals surface area contributed by atoms with Gasteiger partial charge in [-0.15, -0.1) is 0 Å². The second-order valence-corrected chi connectivity index (χ2v) is 5.37. The lowest BCUT2D eigenvalue weighted by Crippen LogP contribution is -2.44. The molecule has 1 nitrogen and oxygen atoms in total. The van der Waals surface area contributed by atoms with Crippen LogP contribution in [0.2, 0.25) is 0 Å². The van der Waals surface area contributed by atoms with Crippen LogP contribution in [0, 0.1) is 11.8 Å². The molecule has 0 unspecified atom stereocenters. The first-order valence-electron chi connectivity index (χ1n) is 5.33. The minimum Gasteiger partial charge on any atom is -0.390 e. The monoisotopic (exact) mass is 206 g/mol. The maximum Gasteiger partial charge on any atom is 0.251 e. The van der Waals surface area contributed by atoms with E-state index in [9.17, 15) is 13.9 Å². The molecule has 84 valence electrons. The molecular weight excluding hydrogens is 186 g/mol. The summed E-state index contributed by atoms with van der Waals surface area (Å²) in [7, 11) is 0. The Morgan fingerprint density at radius 3 is 2.36 bits per heavy atom. The summed E-state index contributed by atoms with van der Waals surface area (Å²) in [6.07, 6.45) is 0.559. The fraction of sp³-hybridized carbons (Fsp3) is 1.00. The predicted octanol–water partition coefficient (Wildman–Crippen LogP) is 3.22. The Balaban J connectivity index is 2.68. The number of alkyl halides is 2. The van der Waals surface area contributed by atoms with Gasteiger partial charge in [0.05, 0.1) is 5.60 Å². The van der Waals surface area contributed by atoms with Crippen molar-refractivity contribution in [2.45, 2.75) is 58.0 Å². The van der Waals surface area contributed by atoms with E-state index in [1.54, 1.807) is 6.92 Å². The van der Waals surface area contributed by atoms with Crippen LogP contribution in [0.3, 0.4) is 0 Å². The highest BCUT2D eigenvalue weighted by atomic mass is 19.3. The lowest BCUT2D eigenvalue weighted by atomic mass is 9.73. The summed E-state index contributed by atoms with van der Waals surface area (Å²) in [4.78, 5) is 0. The molecule has 0 heterocycles. The number of hydrogen-bond acceptors (Lipinski definition) is 1. The SMILES string of the molecule is CC(C)C[C@]1(O)C[C@H](C)CC(F)(F)C1. The molecule has 1 fully saturated rings. The summed E-state index contributed by atoms with van der Waals surface area (Å²) in [5, 5.41) is 10.1. The van der Waals surface area contributed by atoms with E-state index < -0.39 is 11.5 Å². The zero-order valence-electron chi connectivity index (χ0n) is 9.19. The molecule has 0 aliphatic heterocycles. The van der Waals surface area contributed by atoms with Crippen molar-refractivity contribution in [1.29, 1.82) is 0 Å². The highest BCUT2D eigenvalue weighted by Gasteiger charge is 2.47. The lowest BCUT2D eigenvalue weighted by Gasteiger charge is -2.40. The third-order valence-corrected chi connectivity index (χ3v) is 2.75. The minimum atomic E-state index is -2.68. The summed E-state index contributed by atoms with van der Waals surface area (Å²) < 4.78 is 26.5. The van der Waals surface area contributed by atoms with Crippen molar-refractivity contribution in [3.8, 4) is 0 Å². The summed E-state index contributed by atoms with van der Waals surface area (Å²) in [5.74, 6) is -2.50. The van der Waals surface area contributed by atoms with Crippen LogP contribution in [-0.2, 0) is 0 Å². The molecule has 0 saturated heterocycles. The third-order valence-electron chi connectivity index (χ3n) is 2.75. The van der Waals surface area contributed by atoms with Crippen LogP contribution in [0.1, 0.15) is 46.5 Å². The molecule has 1 aliphatic carbocycles. The Kier molecular flexibility index (Phi) is 3.20. The van der Waals surface area contributed by atoms with Gasteiger partial charge in [-0.25, -0.2) is 8.78 Å². The van der Waals surface area contributed by atoms with E-state index in [1.165, 1.54) is 0 Å². The molecule has 1 rings (SSSR count). The van der Waals surface area contributed by atoms with E-state index in [0.717, 1.165) is 0 Å². The third kappa shape index (κ3) is 3.19. The summed E-state index contributed by atoms with van der Waals surface area (Å²) in [6.45, 7) is 5.70. The Labute approximate surface area is 84.5 Å². The summed E-state index contributed by atoms with van der Waals surface area (Å²) in [6, 6.07) is 0. The van der Waals surface area contributed by atoms with E-state index in [0.29, 0.717) is 12.8 Å². The van der Waals surface area contributed by atoms with E-state index in [2.05, 4.69) is 0 Å². The average Bonchev–Trinajstić information content (AvgIpc) is 1.74. The molecule has 0 aromatic carbocycles. The first-order valence-corrected chi connectivity index (χ1v) is 5.33. The fourth-order valence-corrected chi connectivity index (χ4v) is 2.77. The van der Waals surface area contributed by atoms with Gasteiger partial charge >= 0.3 is 0 Å². The molecule has 0 radical (unpaired) electrons. The smallest absolute Gasteiger partial charge is 0.251 e. The number of aliphatic hydroxyl groups is 1. The summed E-state index contributed by atoms with van der Waals surface area (Å²) >= 11 is 0. The number of hydrogen-bond donors (Lipinski definition) is 1. The first kappa shape index (κ1) is 11.9. The van der Waals surface area contributed by atoms with Crippen LogP contribution >= 0.6 is 0 Å². The Morgan fingerprint density at radius 2 is 1.93 bits per heavy atom. The second-order valence-electron chi connectivity index (χ2n) is 5.37. The van der Waals surface area contributed by atoms with Gasteiger partial charge in [-0.2, -0.15) is 0 Å². The maximum absolute atomic E-state index is 13.2. The van der Waals surface area contributed by atoms with Crippen molar-refractivity contribution in [2.24, 2.45) is 11.8 Å². The predicted molar refractivity (Wildman–Crippen MR) is 52.4 cm³/mol. The van der Waals surface area contributed by atoms with Crippen molar-refractivity contribution in [3.63, 3.8) is 0 Å². The van der Waals surface area contributed by atoms with Gasteiger partial charge in [0.2, 0.25) is 0 Å². The molecule has 1 aliphatic rings.